The Morgan fingerprint density at radius 2 is 0.982 bits per heavy atom. The van der Waals surface area contributed by atoms with Crippen molar-refractivity contribution in [1.29, 1.82) is 0 Å². The summed E-state index contributed by atoms with van der Waals surface area (Å²) < 4.78 is 14.2. The maximum absolute atomic E-state index is 7.09. The molecule has 0 saturated heterocycles. The fraction of sp³-hybridized carbons (Fsp3) is 0.0196. The highest BCUT2D eigenvalue weighted by Gasteiger charge is 2.44. The van der Waals surface area contributed by atoms with Crippen molar-refractivity contribution in [1.82, 2.24) is 0 Å². The zero-order chi connectivity index (χ0) is 36.9. The minimum atomic E-state index is -0.138. The first-order chi connectivity index (χ1) is 27.7. The van der Waals surface area contributed by atoms with Crippen LogP contribution in [0.25, 0.3) is 32.7 Å². The van der Waals surface area contributed by atoms with E-state index in [1.54, 1.807) is 0 Å². The molecular weight excluding hydrogens is 683 g/mol. The zero-order valence-electron chi connectivity index (χ0n) is 30.6. The average Bonchev–Trinajstić information content (AvgIpc) is 3.24. The van der Waals surface area contributed by atoms with Gasteiger partial charge in [0.05, 0.1) is 17.1 Å². The number of fused-ring (bicyclic) bond motifs is 9. The van der Waals surface area contributed by atoms with Crippen molar-refractivity contribution in [3.63, 3.8) is 0 Å². The van der Waals surface area contributed by atoms with Crippen LogP contribution >= 0.6 is 0 Å². The Bertz CT molecular complexity index is 3020. The lowest BCUT2D eigenvalue weighted by molar-refractivity contribution is 0.464. The van der Waals surface area contributed by atoms with Crippen molar-refractivity contribution in [2.45, 2.75) is 6.92 Å². The summed E-state index contributed by atoms with van der Waals surface area (Å²) in [7, 11) is 0. The van der Waals surface area contributed by atoms with Gasteiger partial charge in [0, 0.05) is 51.0 Å². The first kappa shape index (κ1) is 31.1. The Balaban J connectivity index is 1.17. The Hall–Kier alpha value is -7.24. The summed E-state index contributed by atoms with van der Waals surface area (Å²) in [6.45, 7) is 1.98. The number of benzene rings is 9. The maximum atomic E-state index is 7.09. The van der Waals surface area contributed by atoms with Gasteiger partial charge in [-0.15, -0.1) is 0 Å². The Morgan fingerprint density at radius 1 is 0.446 bits per heavy atom. The Morgan fingerprint density at radius 3 is 1.70 bits per heavy atom. The molecule has 9 aromatic carbocycles. The first-order valence-electron chi connectivity index (χ1n) is 19.2. The van der Waals surface area contributed by atoms with Crippen LogP contribution in [0, 0.1) is 6.92 Å². The average molecular weight is 717 g/mol. The predicted octanol–water partition coefficient (Wildman–Crippen LogP) is 11.9. The summed E-state index contributed by atoms with van der Waals surface area (Å²) in [6.07, 6.45) is 0. The molecule has 0 aromatic heterocycles. The largest absolute Gasteiger partial charge is 0.458 e. The SMILES string of the molecule is Cc1cc2c3c(c1)Oc1cc4c5c(cccc5c1B3c1c(cc(N(c3ccccc3)c3ccccc3)c3ccccc13)O2)-c1ccccc1N4c1ccccc1. The normalized spacial score (nSPS) is 12.9. The molecular formula is C51H33BN2O2. The molecule has 3 aliphatic heterocycles. The van der Waals surface area contributed by atoms with E-state index in [-0.39, 0.29) is 6.71 Å². The van der Waals surface area contributed by atoms with Crippen LogP contribution in [0.2, 0.25) is 0 Å². The Kier molecular flexibility index (Phi) is 6.61. The zero-order valence-corrected chi connectivity index (χ0v) is 30.6. The van der Waals surface area contributed by atoms with E-state index in [4.69, 9.17) is 9.47 Å². The molecule has 0 amide bonds. The van der Waals surface area contributed by atoms with Crippen LogP contribution in [0.4, 0.5) is 34.1 Å². The molecule has 0 N–H and O–H groups in total. The van der Waals surface area contributed by atoms with Gasteiger partial charge >= 0.3 is 0 Å². The number of ether oxygens (including phenoxy) is 2. The van der Waals surface area contributed by atoms with E-state index in [9.17, 15) is 0 Å². The van der Waals surface area contributed by atoms with Crippen molar-refractivity contribution in [2.24, 2.45) is 0 Å². The lowest BCUT2D eigenvalue weighted by atomic mass is 9.33. The highest BCUT2D eigenvalue weighted by molar-refractivity contribution is 7.01. The molecule has 0 aliphatic carbocycles. The smallest absolute Gasteiger partial charge is 0.262 e. The molecule has 0 saturated carbocycles. The molecule has 3 aliphatic rings. The topological polar surface area (TPSA) is 24.9 Å². The van der Waals surface area contributed by atoms with Gasteiger partial charge in [0.2, 0.25) is 0 Å². The molecule has 0 spiro atoms. The molecule has 0 atom stereocenters. The van der Waals surface area contributed by atoms with Crippen molar-refractivity contribution >= 4 is 78.8 Å². The monoisotopic (exact) mass is 716 g/mol. The second-order valence-corrected chi connectivity index (χ2v) is 14.9. The second-order valence-electron chi connectivity index (χ2n) is 14.9. The number of nitrogens with zero attached hydrogens (tertiary/aromatic N) is 2. The molecule has 0 fully saturated rings. The summed E-state index contributed by atoms with van der Waals surface area (Å²) in [5, 5.41) is 4.72. The van der Waals surface area contributed by atoms with E-state index in [2.05, 4.69) is 199 Å². The van der Waals surface area contributed by atoms with E-state index in [0.717, 1.165) is 84.4 Å². The number of rotatable bonds is 4. The number of hydrogen-bond donors (Lipinski definition) is 0. The van der Waals surface area contributed by atoms with E-state index in [1.165, 1.54) is 27.4 Å². The number of aryl methyl sites for hydroxylation is 1. The first-order valence-corrected chi connectivity index (χ1v) is 19.2. The van der Waals surface area contributed by atoms with E-state index >= 15 is 0 Å². The van der Waals surface area contributed by atoms with Crippen LogP contribution in [0.1, 0.15) is 5.56 Å². The van der Waals surface area contributed by atoms with E-state index in [0.29, 0.717) is 0 Å². The van der Waals surface area contributed by atoms with Gasteiger partial charge in [0.15, 0.2) is 0 Å². The number of hydrogen-bond acceptors (Lipinski definition) is 4. The third-order valence-corrected chi connectivity index (χ3v) is 11.7. The van der Waals surface area contributed by atoms with Crippen LogP contribution in [-0.4, -0.2) is 6.71 Å². The molecule has 4 nitrogen and oxygen atoms in total. The molecule has 0 unspecified atom stereocenters. The van der Waals surface area contributed by atoms with Crippen molar-refractivity contribution < 1.29 is 9.47 Å². The predicted molar refractivity (Wildman–Crippen MR) is 232 cm³/mol. The van der Waals surface area contributed by atoms with Gasteiger partial charge in [-0.3, -0.25) is 0 Å². The minimum absolute atomic E-state index is 0.138. The molecule has 9 aromatic rings. The van der Waals surface area contributed by atoms with Gasteiger partial charge in [-0.2, -0.15) is 0 Å². The summed E-state index contributed by atoms with van der Waals surface area (Å²) >= 11 is 0. The molecule has 5 heteroatoms. The maximum Gasteiger partial charge on any atom is 0.262 e. The van der Waals surface area contributed by atoms with Crippen LogP contribution in [-0.2, 0) is 0 Å². The summed E-state index contributed by atoms with van der Waals surface area (Å²) in [4.78, 5) is 4.74. The lowest BCUT2D eigenvalue weighted by Gasteiger charge is -2.38. The standard InChI is InChI=1S/C51H33BN2O2/c1-32-28-44-51-45(29-32)56-47-31-43-48-38(36-22-13-14-27-41(36)54(43)35-20-9-4-10-21-35)25-15-26-40(48)50(47)52(51)49-39-24-12-11-23-37(39)42(30-46(49)55-44)53(33-16-5-2-6-17-33)34-18-7-3-8-19-34/h2-31H,1H3. The number of anilines is 6. The fourth-order valence-electron chi connectivity index (χ4n) is 9.48. The van der Waals surface area contributed by atoms with Gasteiger partial charge in [-0.05, 0) is 94.3 Å². The second kappa shape index (κ2) is 11.9. The van der Waals surface area contributed by atoms with Gasteiger partial charge in [0.1, 0.15) is 23.0 Å². The highest BCUT2D eigenvalue weighted by atomic mass is 16.5. The Labute approximate surface area is 325 Å². The third kappa shape index (κ3) is 4.43. The molecule has 0 bridgehead atoms. The van der Waals surface area contributed by atoms with Crippen LogP contribution in [0.5, 0.6) is 23.0 Å². The summed E-state index contributed by atoms with van der Waals surface area (Å²) in [6, 6.07) is 65.1. The van der Waals surface area contributed by atoms with E-state index in [1.807, 2.05) is 0 Å². The summed E-state index contributed by atoms with van der Waals surface area (Å²) in [5.74, 6) is 3.41. The van der Waals surface area contributed by atoms with Gasteiger partial charge in [-0.1, -0.05) is 115 Å². The molecule has 56 heavy (non-hydrogen) atoms. The quantitative estimate of drug-likeness (QED) is 0.169. The lowest BCUT2D eigenvalue weighted by Crippen LogP contribution is -2.58. The minimum Gasteiger partial charge on any atom is -0.458 e. The molecule has 3 heterocycles. The number of para-hydroxylation sites is 4. The highest BCUT2D eigenvalue weighted by Crippen LogP contribution is 2.53. The molecule has 0 radical (unpaired) electrons. The summed E-state index contributed by atoms with van der Waals surface area (Å²) in [5.41, 5.74) is 13.5. The fourth-order valence-corrected chi connectivity index (χ4v) is 9.48. The van der Waals surface area contributed by atoms with Crippen LogP contribution < -0.4 is 35.7 Å². The van der Waals surface area contributed by atoms with E-state index < -0.39 is 0 Å². The molecule has 12 rings (SSSR count). The van der Waals surface area contributed by atoms with Crippen molar-refractivity contribution in [2.75, 3.05) is 9.80 Å². The van der Waals surface area contributed by atoms with Gasteiger partial charge in [0.25, 0.3) is 6.71 Å². The molecule has 262 valence electrons. The van der Waals surface area contributed by atoms with Crippen LogP contribution in [0.15, 0.2) is 182 Å². The van der Waals surface area contributed by atoms with Crippen molar-refractivity contribution in [3.05, 3.63) is 188 Å². The van der Waals surface area contributed by atoms with Crippen LogP contribution in [0.3, 0.4) is 0 Å². The van der Waals surface area contributed by atoms with Crippen molar-refractivity contribution in [3.8, 4) is 34.1 Å². The third-order valence-electron chi connectivity index (χ3n) is 11.7. The van der Waals surface area contributed by atoms with Gasteiger partial charge in [-0.25, -0.2) is 0 Å². The van der Waals surface area contributed by atoms with Gasteiger partial charge < -0.3 is 19.3 Å².